The van der Waals surface area contributed by atoms with Crippen molar-refractivity contribution in [1.29, 1.82) is 0 Å². The van der Waals surface area contributed by atoms with Crippen molar-refractivity contribution in [2.75, 3.05) is 18.7 Å². The van der Waals surface area contributed by atoms with Gasteiger partial charge in [-0.1, -0.05) is 27.3 Å². The Bertz CT molecular complexity index is 1150. The predicted molar refractivity (Wildman–Crippen MR) is 111 cm³/mol. The third kappa shape index (κ3) is 4.74. The number of methoxy groups -OCH3 is 1. The number of hydrogen-bond acceptors (Lipinski definition) is 6. The van der Waals surface area contributed by atoms with Gasteiger partial charge in [0.1, 0.15) is 5.75 Å². The Labute approximate surface area is 168 Å². The second-order valence-corrected chi connectivity index (χ2v) is 9.59. The third-order valence-electron chi connectivity index (χ3n) is 3.62. The fraction of sp³-hybridized carbons (Fsp3) is 0.111. The molecule has 0 saturated heterocycles. The lowest BCUT2D eigenvalue weighted by Gasteiger charge is -2.04. The van der Waals surface area contributed by atoms with Gasteiger partial charge < -0.3 is 4.74 Å². The molecule has 0 bridgehead atoms. The van der Waals surface area contributed by atoms with Gasteiger partial charge >= 0.3 is 0 Å². The van der Waals surface area contributed by atoms with Gasteiger partial charge in [-0.25, -0.2) is 13.4 Å². The molecule has 9 heteroatoms. The van der Waals surface area contributed by atoms with E-state index in [1.165, 1.54) is 23.5 Å². The Balaban J connectivity index is 1.79. The number of sulfone groups is 1. The van der Waals surface area contributed by atoms with Crippen LogP contribution in [0.4, 0.5) is 5.13 Å². The van der Waals surface area contributed by atoms with Crippen molar-refractivity contribution >= 4 is 64.4 Å². The summed E-state index contributed by atoms with van der Waals surface area (Å²) in [6.45, 7) is 0. The minimum Gasteiger partial charge on any atom is -0.496 e. The zero-order valence-corrected chi connectivity index (χ0v) is 17.6. The number of nitrogens with zero attached hydrogens (tertiary/aromatic N) is 1. The fourth-order valence-corrected chi connectivity index (χ4v) is 4.35. The summed E-state index contributed by atoms with van der Waals surface area (Å²) in [6.07, 6.45) is 4.19. The minimum absolute atomic E-state index is 0.221. The highest BCUT2D eigenvalue weighted by atomic mass is 79.9. The molecule has 1 aromatic heterocycles. The summed E-state index contributed by atoms with van der Waals surface area (Å²) in [4.78, 5) is 16.7. The van der Waals surface area contributed by atoms with Crippen LogP contribution in [0.1, 0.15) is 5.56 Å². The van der Waals surface area contributed by atoms with E-state index < -0.39 is 9.84 Å². The number of amides is 1. The average molecular weight is 467 g/mol. The van der Waals surface area contributed by atoms with Crippen LogP contribution < -0.4 is 10.1 Å². The molecule has 0 aliphatic carbocycles. The Morgan fingerprint density at radius 3 is 2.74 bits per heavy atom. The first-order valence-electron chi connectivity index (χ1n) is 7.69. The van der Waals surface area contributed by atoms with Crippen molar-refractivity contribution in [2.45, 2.75) is 4.90 Å². The predicted octanol–water partition coefficient (Wildman–Crippen LogP) is 4.12. The molecule has 0 atom stereocenters. The largest absolute Gasteiger partial charge is 0.496 e. The molecule has 0 saturated carbocycles. The van der Waals surface area contributed by atoms with Crippen LogP contribution in [0.5, 0.6) is 5.75 Å². The number of rotatable bonds is 5. The Morgan fingerprint density at radius 2 is 2.04 bits per heavy atom. The topological polar surface area (TPSA) is 85.4 Å². The summed E-state index contributed by atoms with van der Waals surface area (Å²) in [5, 5.41) is 3.09. The van der Waals surface area contributed by atoms with Gasteiger partial charge in [0.15, 0.2) is 15.0 Å². The van der Waals surface area contributed by atoms with Crippen LogP contribution in [-0.4, -0.2) is 32.7 Å². The number of hydrogen-bond donors (Lipinski definition) is 1. The second kappa shape index (κ2) is 7.79. The smallest absolute Gasteiger partial charge is 0.250 e. The van der Waals surface area contributed by atoms with E-state index in [9.17, 15) is 13.2 Å². The quantitative estimate of drug-likeness (QED) is 0.571. The molecule has 0 unspecified atom stereocenters. The molecular weight excluding hydrogens is 452 g/mol. The molecule has 0 radical (unpaired) electrons. The van der Waals surface area contributed by atoms with Gasteiger partial charge in [0.05, 0.1) is 22.2 Å². The second-order valence-electron chi connectivity index (χ2n) is 5.63. The van der Waals surface area contributed by atoms with E-state index in [1.54, 1.807) is 31.4 Å². The van der Waals surface area contributed by atoms with Gasteiger partial charge in [-0.3, -0.25) is 10.1 Å². The van der Waals surface area contributed by atoms with Crippen molar-refractivity contribution in [3.63, 3.8) is 0 Å². The summed E-state index contributed by atoms with van der Waals surface area (Å²) in [5.41, 5.74) is 1.38. The molecule has 2 aromatic carbocycles. The van der Waals surface area contributed by atoms with Crippen LogP contribution in [0.3, 0.4) is 0 Å². The monoisotopic (exact) mass is 466 g/mol. The number of carbonyl (C=O) groups is 1. The van der Waals surface area contributed by atoms with Crippen LogP contribution >= 0.6 is 27.3 Å². The van der Waals surface area contributed by atoms with Crippen molar-refractivity contribution in [3.8, 4) is 5.75 Å². The Kier molecular flexibility index (Phi) is 5.64. The normalized spacial score (nSPS) is 11.8. The number of thiazole rings is 1. The summed E-state index contributed by atoms with van der Waals surface area (Å²) < 4.78 is 30.1. The molecule has 140 valence electrons. The molecule has 1 amide bonds. The molecule has 1 heterocycles. The van der Waals surface area contributed by atoms with Gasteiger partial charge in [-0.2, -0.15) is 0 Å². The number of benzene rings is 2. The van der Waals surface area contributed by atoms with Crippen molar-refractivity contribution < 1.29 is 17.9 Å². The number of fused-ring (bicyclic) bond motifs is 1. The summed E-state index contributed by atoms with van der Waals surface area (Å²) >= 11 is 4.60. The van der Waals surface area contributed by atoms with E-state index in [1.807, 2.05) is 12.1 Å². The summed E-state index contributed by atoms with van der Waals surface area (Å²) in [5.74, 6) is 0.301. The molecule has 3 rings (SSSR count). The Morgan fingerprint density at radius 1 is 1.26 bits per heavy atom. The lowest BCUT2D eigenvalue weighted by Crippen LogP contribution is -2.07. The first-order valence-corrected chi connectivity index (χ1v) is 11.2. The molecule has 0 aliphatic rings. The Hall–Kier alpha value is -2.23. The molecule has 0 spiro atoms. The fourth-order valence-electron chi connectivity index (χ4n) is 2.34. The molecule has 27 heavy (non-hydrogen) atoms. The number of aromatic nitrogens is 1. The summed E-state index contributed by atoms with van der Waals surface area (Å²) in [6, 6.07) is 10.2. The van der Waals surface area contributed by atoms with E-state index in [0.717, 1.165) is 16.3 Å². The standard InChI is InChI=1S/C18H15BrN2O4S2/c1-25-15-7-4-12(19)9-11(15)3-8-17(22)21-18-20-14-6-5-13(27(2,23)24)10-16(14)26-18/h3-10H,1-2H3,(H,20,21,22)/b8-3+. The van der Waals surface area contributed by atoms with Crippen molar-refractivity contribution in [1.82, 2.24) is 4.98 Å². The number of carbonyl (C=O) groups excluding carboxylic acids is 1. The number of ether oxygens (including phenoxy) is 1. The maximum absolute atomic E-state index is 12.2. The number of halogens is 1. The first kappa shape index (κ1) is 19.5. The van der Waals surface area contributed by atoms with Crippen molar-refractivity contribution in [3.05, 3.63) is 52.5 Å². The highest BCUT2D eigenvalue weighted by Gasteiger charge is 2.11. The van der Waals surface area contributed by atoms with E-state index in [2.05, 4.69) is 26.2 Å². The molecule has 1 N–H and O–H groups in total. The maximum Gasteiger partial charge on any atom is 0.250 e. The zero-order chi connectivity index (χ0) is 19.6. The van der Waals surface area contributed by atoms with E-state index in [4.69, 9.17) is 4.74 Å². The van der Waals surface area contributed by atoms with Gasteiger partial charge in [-0.15, -0.1) is 0 Å². The minimum atomic E-state index is -3.29. The number of anilines is 1. The van der Waals surface area contributed by atoms with Gasteiger partial charge in [0, 0.05) is 22.4 Å². The van der Waals surface area contributed by atoms with Gasteiger partial charge in [-0.05, 0) is 42.5 Å². The van der Waals surface area contributed by atoms with Gasteiger partial charge in [0.2, 0.25) is 5.91 Å². The first-order chi connectivity index (χ1) is 12.8. The maximum atomic E-state index is 12.2. The lowest BCUT2D eigenvalue weighted by molar-refractivity contribution is -0.111. The SMILES string of the molecule is COc1ccc(Br)cc1/C=C/C(=O)Nc1nc2ccc(S(C)(=O)=O)cc2s1. The van der Waals surface area contributed by atoms with Crippen LogP contribution in [0.15, 0.2) is 51.8 Å². The average Bonchev–Trinajstić information content (AvgIpc) is 3.00. The molecular formula is C18H15BrN2O4S2. The highest BCUT2D eigenvalue weighted by molar-refractivity contribution is 9.10. The van der Waals surface area contributed by atoms with E-state index in [-0.39, 0.29) is 10.8 Å². The van der Waals surface area contributed by atoms with Crippen LogP contribution in [0.2, 0.25) is 0 Å². The van der Waals surface area contributed by atoms with Crippen LogP contribution in [0.25, 0.3) is 16.3 Å². The molecule has 6 nitrogen and oxygen atoms in total. The van der Waals surface area contributed by atoms with Crippen LogP contribution in [0, 0.1) is 0 Å². The van der Waals surface area contributed by atoms with Crippen molar-refractivity contribution in [2.24, 2.45) is 0 Å². The zero-order valence-electron chi connectivity index (χ0n) is 14.4. The van der Waals surface area contributed by atoms with Gasteiger partial charge in [0.25, 0.3) is 0 Å². The lowest BCUT2D eigenvalue weighted by atomic mass is 10.2. The van der Waals surface area contributed by atoms with Crippen LogP contribution in [-0.2, 0) is 14.6 Å². The molecule has 0 aliphatic heterocycles. The van der Waals surface area contributed by atoms with E-state index in [0.29, 0.717) is 21.1 Å². The van der Waals surface area contributed by atoms with E-state index >= 15 is 0 Å². The highest BCUT2D eigenvalue weighted by Crippen LogP contribution is 2.28. The molecule has 0 fully saturated rings. The summed E-state index contributed by atoms with van der Waals surface area (Å²) in [7, 11) is -1.73. The number of nitrogens with one attached hydrogen (secondary N) is 1. The third-order valence-corrected chi connectivity index (χ3v) is 6.16. The molecule has 3 aromatic rings.